The Labute approximate surface area is 141 Å². The molecule has 0 aliphatic carbocycles. The summed E-state index contributed by atoms with van der Waals surface area (Å²) >= 11 is 0. The number of allylic oxidation sites excluding steroid dienone is 1. The standard InChI is InChI=1S/C20H30O3/c1-5-6-11-21-12-13-22-14-15-23-16-18(4)20-9-7-19(8-10-20)17(2)3/h7-10H,2,4-6,11-16H2,1,3H3. The summed E-state index contributed by atoms with van der Waals surface area (Å²) in [5.74, 6) is 0. The van der Waals surface area contributed by atoms with Crippen molar-refractivity contribution < 1.29 is 14.2 Å². The molecule has 0 saturated heterocycles. The summed E-state index contributed by atoms with van der Waals surface area (Å²) in [7, 11) is 0. The summed E-state index contributed by atoms with van der Waals surface area (Å²) in [6.07, 6.45) is 2.27. The zero-order valence-electron chi connectivity index (χ0n) is 14.6. The van der Waals surface area contributed by atoms with Crippen molar-refractivity contribution >= 4 is 11.1 Å². The first-order valence-electron chi connectivity index (χ1n) is 8.32. The van der Waals surface area contributed by atoms with Gasteiger partial charge in [0.25, 0.3) is 0 Å². The minimum absolute atomic E-state index is 0.517. The maximum absolute atomic E-state index is 5.59. The number of rotatable bonds is 13. The Bertz CT molecular complexity index is 462. The van der Waals surface area contributed by atoms with Crippen LogP contribution in [-0.4, -0.2) is 39.6 Å². The third-order valence-electron chi connectivity index (χ3n) is 3.45. The molecular weight excluding hydrogens is 288 g/mol. The molecule has 0 aliphatic heterocycles. The second-order valence-corrected chi connectivity index (χ2v) is 5.59. The van der Waals surface area contributed by atoms with E-state index in [2.05, 4.69) is 44.3 Å². The lowest BCUT2D eigenvalue weighted by Crippen LogP contribution is -2.10. The molecule has 0 aliphatic rings. The molecule has 0 fully saturated rings. The van der Waals surface area contributed by atoms with Gasteiger partial charge in [-0.3, -0.25) is 0 Å². The second kappa shape index (κ2) is 12.1. The van der Waals surface area contributed by atoms with Gasteiger partial charge in [0.15, 0.2) is 0 Å². The van der Waals surface area contributed by atoms with Crippen LogP contribution in [0.5, 0.6) is 0 Å². The van der Waals surface area contributed by atoms with E-state index in [1.165, 1.54) is 0 Å². The molecule has 0 bridgehead atoms. The minimum atomic E-state index is 0.517. The lowest BCUT2D eigenvalue weighted by molar-refractivity contribution is 0.0198. The van der Waals surface area contributed by atoms with Crippen LogP contribution in [-0.2, 0) is 14.2 Å². The zero-order valence-corrected chi connectivity index (χ0v) is 14.6. The van der Waals surface area contributed by atoms with Gasteiger partial charge in [0, 0.05) is 6.61 Å². The Hall–Kier alpha value is -1.42. The molecule has 0 heterocycles. The number of hydrogen-bond acceptors (Lipinski definition) is 3. The molecule has 23 heavy (non-hydrogen) atoms. The van der Waals surface area contributed by atoms with Crippen LogP contribution in [0, 0.1) is 0 Å². The predicted molar refractivity (Wildman–Crippen MR) is 97.5 cm³/mol. The molecule has 3 nitrogen and oxygen atoms in total. The lowest BCUT2D eigenvalue weighted by Gasteiger charge is -2.09. The fourth-order valence-corrected chi connectivity index (χ4v) is 1.96. The summed E-state index contributed by atoms with van der Waals surface area (Å²) in [4.78, 5) is 0. The summed E-state index contributed by atoms with van der Waals surface area (Å²) in [5, 5.41) is 0. The highest BCUT2D eigenvalue weighted by Crippen LogP contribution is 2.17. The summed E-state index contributed by atoms with van der Waals surface area (Å²) < 4.78 is 16.5. The summed E-state index contributed by atoms with van der Waals surface area (Å²) in [6.45, 7) is 15.9. The van der Waals surface area contributed by atoms with Gasteiger partial charge in [-0.25, -0.2) is 0 Å². The molecule has 0 N–H and O–H groups in total. The van der Waals surface area contributed by atoms with Crippen LogP contribution in [0.4, 0.5) is 0 Å². The van der Waals surface area contributed by atoms with Crippen molar-refractivity contribution in [3.05, 3.63) is 48.6 Å². The lowest BCUT2D eigenvalue weighted by atomic mass is 10.0. The van der Waals surface area contributed by atoms with Gasteiger partial charge in [-0.05, 0) is 30.0 Å². The highest BCUT2D eigenvalue weighted by Gasteiger charge is 2.00. The number of benzene rings is 1. The van der Waals surface area contributed by atoms with Crippen LogP contribution in [0.25, 0.3) is 11.1 Å². The predicted octanol–water partition coefficient (Wildman–Crippen LogP) is 4.58. The molecule has 1 aromatic carbocycles. The molecule has 1 aromatic rings. The van der Waals surface area contributed by atoms with Crippen molar-refractivity contribution in [2.45, 2.75) is 26.7 Å². The van der Waals surface area contributed by atoms with Crippen LogP contribution >= 0.6 is 0 Å². The first kappa shape index (κ1) is 19.6. The van der Waals surface area contributed by atoms with E-state index in [0.717, 1.165) is 41.7 Å². The van der Waals surface area contributed by atoms with Gasteiger partial charge in [-0.15, -0.1) is 0 Å². The van der Waals surface area contributed by atoms with Gasteiger partial charge in [-0.2, -0.15) is 0 Å². The average Bonchev–Trinajstić information content (AvgIpc) is 2.56. The first-order chi connectivity index (χ1) is 11.1. The molecule has 0 atom stereocenters. The number of unbranched alkanes of at least 4 members (excludes halogenated alkanes) is 1. The maximum Gasteiger partial charge on any atom is 0.0718 e. The molecule has 128 valence electrons. The van der Waals surface area contributed by atoms with Gasteiger partial charge < -0.3 is 14.2 Å². The molecule has 0 amide bonds. The van der Waals surface area contributed by atoms with Gasteiger partial charge >= 0.3 is 0 Å². The molecule has 0 aromatic heterocycles. The largest absolute Gasteiger partial charge is 0.379 e. The van der Waals surface area contributed by atoms with Crippen LogP contribution in [0.15, 0.2) is 37.4 Å². The average molecular weight is 318 g/mol. The Kier molecular flexibility index (Phi) is 10.3. The Balaban J connectivity index is 2.07. The third kappa shape index (κ3) is 8.70. The summed E-state index contributed by atoms with van der Waals surface area (Å²) in [5.41, 5.74) is 4.28. The van der Waals surface area contributed by atoms with Gasteiger partial charge in [0.1, 0.15) is 0 Å². The van der Waals surface area contributed by atoms with E-state index >= 15 is 0 Å². The van der Waals surface area contributed by atoms with Gasteiger partial charge in [0.05, 0.1) is 33.0 Å². The number of hydrogen-bond donors (Lipinski definition) is 0. The maximum atomic E-state index is 5.59. The minimum Gasteiger partial charge on any atom is -0.379 e. The monoisotopic (exact) mass is 318 g/mol. The molecule has 0 radical (unpaired) electrons. The van der Waals surface area contributed by atoms with Crippen LogP contribution in [0.2, 0.25) is 0 Å². The van der Waals surface area contributed by atoms with Gasteiger partial charge in [-0.1, -0.05) is 56.3 Å². The van der Waals surface area contributed by atoms with E-state index in [-0.39, 0.29) is 0 Å². The van der Waals surface area contributed by atoms with Crippen molar-refractivity contribution in [2.75, 3.05) is 39.6 Å². The SMILES string of the molecule is C=C(C)c1ccc(C(=C)COCCOCCOCCCC)cc1. The van der Waals surface area contributed by atoms with Crippen molar-refractivity contribution in [3.8, 4) is 0 Å². The Morgan fingerprint density at radius 2 is 1.35 bits per heavy atom. The normalized spacial score (nSPS) is 10.7. The third-order valence-corrected chi connectivity index (χ3v) is 3.45. The van der Waals surface area contributed by atoms with E-state index in [1.54, 1.807) is 0 Å². The molecular formula is C20H30O3. The highest BCUT2D eigenvalue weighted by molar-refractivity contribution is 5.68. The quantitative estimate of drug-likeness (QED) is 0.498. The second-order valence-electron chi connectivity index (χ2n) is 5.59. The molecule has 0 saturated carbocycles. The highest BCUT2D eigenvalue weighted by atomic mass is 16.5. The smallest absolute Gasteiger partial charge is 0.0718 e. The van der Waals surface area contributed by atoms with Crippen molar-refractivity contribution in [2.24, 2.45) is 0 Å². The Morgan fingerprint density at radius 1 is 0.826 bits per heavy atom. The zero-order chi connectivity index (χ0) is 16.9. The van der Waals surface area contributed by atoms with Crippen LogP contribution in [0.1, 0.15) is 37.8 Å². The molecule has 0 unspecified atom stereocenters. The van der Waals surface area contributed by atoms with E-state index in [0.29, 0.717) is 33.0 Å². The summed E-state index contributed by atoms with van der Waals surface area (Å²) in [6, 6.07) is 8.23. The number of ether oxygens (including phenoxy) is 3. The van der Waals surface area contributed by atoms with Crippen molar-refractivity contribution in [1.82, 2.24) is 0 Å². The Morgan fingerprint density at radius 3 is 1.91 bits per heavy atom. The first-order valence-corrected chi connectivity index (χ1v) is 8.32. The van der Waals surface area contributed by atoms with Crippen LogP contribution < -0.4 is 0 Å². The van der Waals surface area contributed by atoms with Crippen LogP contribution in [0.3, 0.4) is 0 Å². The fourth-order valence-electron chi connectivity index (χ4n) is 1.96. The topological polar surface area (TPSA) is 27.7 Å². The van der Waals surface area contributed by atoms with E-state index in [4.69, 9.17) is 14.2 Å². The van der Waals surface area contributed by atoms with Crippen molar-refractivity contribution in [3.63, 3.8) is 0 Å². The molecule has 3 heteroatoms. The van der Waals surface area contributed by atoms with Gasteiger partial charge in [0.2, 0.25) is 0 Å². The fraction of sp³-hybridized carbons (Fsp3) is 0.500. The van der Waals surface area contributed by atoms with E-state index < -0.39 is 0 Å². The molecule has 1 rings (SSSR count). The van der Waals surface area contributed by atoms with Crippen molar-refractivity contribution in [1.29, 1.82) is 0 Å². The van der Waals surface area contributed by atoms with E-state index in [1.807, 2.05) is 6.92 Å². The molecule has 0 spiro atoms. The van der Waals surface area contributed by atoms with E-state index in [9.17, 15) is 0 Å².